The molecular weight excluding hydrogens is 387 g/mol. The number of methoxy groups -OCH3 is 2. The van der Waals surface area contributed by atoms with Crippen molar-refractivity contribution in [1.29, 1.82) is 0 Å². The van der Waals surface area contributed by atoms with Crippen molar-refractivity contribution in [3.8, 4) is 23.0 Å². The van der Waals surface area contributed by atoms with E-state index in [9.17, 15) is 9.18 Å². The second-order valence-corrected chi connectivity index (χ2v) is 6.60. The number of halogens is 1. The summed E-state index contributed by atoms with van der Waals surface area (Å²) in [6.07, 6.45) is 1.62. The molecule has 3 aromatic carbocycles. The van der Waals surface area contributed by atoms with Gasteiger partial charge in [-0.1, -0.05) is 24.3 Å². The van der Waals surface area contributed by atoms with E-state index in [0.29, 0.717) is 39.7 Å². The Labute approximate surface area is 173 Å². The van der Waals surface area contributed by atoms with Crippen LogP contribution in [-0.4, -0.2) is 20.0 Å². The molecule has 0 saturated carbocycles. The van der Waals surface area contributed by atoms with E-state index in [1.807, 2.05) is 6.07 Å². The summed E-state index contributed by atoms with van der Waals surface area (Å²) >= 11 is 0. The van der Waals surface area contributed by atoms with E-state index in [0.717, 1.165) is 0 Å². The Kier molecular flexibility index (Phi) is 5.39. The predicted molar refractivity (Wildman–Crippen MR) is 110 cm³/mol. The molecule has 152 valence electrons. The third-order valence-corrected chi connectivity index (χ3v) is 4.66. The summed E-state index contributed by atoms with van der Waals surface area (Å²) in [6, 6.07) is 16.6. The molecule has 3 aromatic rings. The van der Waals surface area contributed by atoms with Gasteiger partial charge in [-0.05, 0) is 42.0 Å². The van der Waals surface area contributed by atoms with E-state index in [1.54, 1.807) is 55.7 Å². The molecule has 0 fully saturated rings. The highest BCUT2D eigenvalue weighted by molar-refractivity contribution is 6.14. The zero-order valence-electron chi connectivity index (χ0n) is 16.5. The Morgan fingerprint density at radius 1 is 1.00 bits per heavy atom. The van der Waals surface area contributed by atoms with Crippen LogP contribution in [0.3, 0.4) is 0 Å². The molecule has 4 rings (SSSR count). The van der Waals surface area contributed by atoms with Crippen molar-refractivity contribution in [3.63, 3.8) is 0 Å². The molecule has 5 nitrogen and oxygen atoms in total. The van der Waals surface area contributed by atoms with Crippen molar-refractivity contribution < 1.29 is 28.1 Å². The maximum Gasteiger partial charge on any atom is 0.231 e. The number of hydrogen-bond acceptors (Lipinski definition) is 5. The quantitative estimate of drug-likeness (QED) is 0.537. The molecule has 0 spiro atoms. The number of fused-ring (bicyclic) bond motifs is 1. The summed E-state index contributed by atoms with van der Waals surface area (Å²) in [5.41, 5.74) is 1.81. The Bertz CT molecular complexity index is 1140. The van der Waals surface area contributed by atoms with Crippen LogP contribution in [0.5, 0.6) is 23.0 Å². The van der Waals surface area contributed by atoms with Gasteiger partial charge < -0.3 is 18.9 Å². The Morgan fingerprint density at radius 3 is 2.60 bits per heavy atom. The molecule has 0 saturated heterocycles. The fraction of sp³-hybridized carbons (Fsp3) is 0.125. The summed E-state index contributed by atoms with van der Waals surface area (Å²) in [7, 11) is 3.08. The Hall–Kier alpha value is -3.80. The molecule has 1 aliphatic rings. The van der Waals surface area contributed by atoms with Crippen molar-refractivity contribution in [1.82, 2.24) is 0 Å². The molecule has 1 aliphatic heterocycles. The highest BCUT2D eigenvalue weighted by Crippen LogP contribution is 2.37. The van der Waals surface area contributed by atoms with Crippen molar-refractivity contribution in [2.24, 2.45) is 0 Å². The zero-order valence-corrected chi connectivity index (χ0v) is 16.5. The SMILES string of the molecule is COc1cccc(/C=C2\Oc3cc(OCc4cccc(F)c4)ccc3C2=O)c1OC. The number of ketones is 1. The van der Waals surface area contributed by atoms with Crippen molar-refractivity contribution >= 4 is 11.9 Å². The van der Waals surface area contributed by atoms with Crippen molar-refractivity contribution in [2.45, 2.75) is 6.61 Å². The minimum atomic E-state index is -0.318. The van der Waals surface area contributed by atoms with Crippen LogP contribution in [0, 0.1) is 5.82 Å². The normalized spacial score (nSPS) is 13.7. The van der Waals surface area contributed by atoms with Crippen LogP contribution < -0.4 is 18.9 Å². The van der Waals surface area contributed by atoms with Gasteiger partial charge in [0.25, 0.3) is 0 Å². The number of ether oxygens (including phenoxy) is 4. The zero-order chi connectivity index (χ0) is 21.1. The van der Waals surface area contributed by atoms with Crippen LogP contribution >= 0.6 is 0 Å². The fourth-order valence-corrected chi connectivity index (χ4v) is 3.22. The lowest BCUT2D eigenvalue weighted by atomic mass is 10.1. The van der Waals surface area contributed by atoms with Gasteiger partial charge in [-0.3, -0.25) is 4.79 Å². The number of hydrogen-bond donors (Lipinski definition) is 0. The molecule has 0 bridgehead atoms. The first kappa shape index (κ1) is 19.5. The summed E-state index contributed by atoms with van der Waals surface area (Å²) < 4.78 is 35.5. The second kappa shape index (κ2) is 8.29. The number of Topliss-reactive ketones (excluding diaryl/α,β-unsaturated/α-hetero) is 1. The van der Waals surface area contributed by atoms with E-state index in [2.05, 4.69) is 0 Å². The molecule has 0 atom stereocenters. The van der Waals surface area contributed by atoms with Gasteiger partial charge in [-0.25, -0.2) is 4.39 Å². The Morgan fingerprint density at radius 2 is 1.83 bits per heavy atom. The minimum Gasteiger partial charge on any atom is -0.493 e. The van der Waals surface area contributed by atoms with Gasteiger partial charge in [0.15, 0.2) is 17.3 Å². The molecule has 0 N–H and O–H groups in total. The third kappa shape index (κ3) is 3.85. The van der Waals surface area contributed by atoms with Crippen LogP contribution in [0.1, 0.15) is 21.5 Å². The predicted octanol–water partition coefficient (Wildman–Crippen LogP) is 5.04. The van der Waals surface area contributed by atoms with Crippen LogP contribution in [0.2, 0.25) is 0 Å². The molecule has 0 aromatic heterocycles. The van der Waals surface area contributed by atoms with Gasteiger partial charge in [-0.2, -0.15) is 0 Å². The summed E-state index contributed by atoms with van der Waals surface area (Å²) in [5, 5.41) is 0. The fourth-order valence-electron chi connectivity index (χ4n) is 3.22. The van der Waals surface area contributed by atoms with E-state index in [4.69, 9.17) is 18.9 Å². The van der Waals surface area contributed by atoms with Gasteiger partial charge in [0.05, 0.1) is 19.8 Å². The van der Waals surface area contributed by atoms with Crippen molar-refractivity contribution in [2.75, 3.05) is 14.2 Å². The number of para-hydroxylation sites is 1. The lowest BCUT2D eigenvalue weighted by molar-refractivity contribution is 0.101. The molecule has 0 radical (unpaired) electrons. The maximum absolute atomic E-state index is 13.3. The molecule has 30 heavy (non-hydrogen) atoms. The van der Waals surface area contributed by atoms with Crippen LogP contribution in [0.4, 0.5) is 4.39 Å². The molecule has 6 heteroatoms. The smallest absolute Gasteiger partial charge is 0.231 e. The van der Waals surface area contributed by atoms with E-state index in [-0.39, 0.29) is 24.0 Å². The first-order valence-corrected chi connectivity index (χ1v) is 9.25. The highest BCUT2D eigenvalue weighted by Gasteiger charge is 2.28. The number of rotatable bonds is 6. The lowest BCUT2D eigenvalue weighted by Crippen LogP contribution is -1.99. The van der Waals surface area contributed by atoms with Gasteiger partial charge in [-0.15, -0.1) is 0 Å². The summed E-state index contributed by atoms with van der Waals surface area (Å²) in [4.78, 5) is 12.7. The minimum absolute atomic E-state index is 0.179. The van der Waals surface area contributed by atoms with Gasteiger partial charge in [0, 0.05) is 11.6 Å². The standard InChI is InChI=1S/C24H19FO5/c1-27-20-8-4-6-16(24(20)28-2)12-22-23(26)19-10-9-18(13-21(19)30-22)29-14-15-5-3-7-17(25)11-15/h3-13H,14H2,1-2H3/b22-12-. The first-order valence-electron chi connectivity index (χ1n) is 9.25. The summed E-state index contributed by atoms with van der Waals surface area (Å²) in [6.45, 7) is 0.203. The molecular formula is C24H19FO5. The van der Waals surface area contributed by atoms with E-state index >= 15 is 0 Å². The molecule has 0 aliphatic carbocycles. The molecule has 0 amide bonds. The number of benzene rings is 3. The lowest BCUT2D eigenvalue weighted by Gasteiger charge is -2.10. The number of allylic oxidation sites excluding steroid dienone is 1. The first-order chi connectivity index (χ1) is 14.6. The number of carbonyl (C=O) groups excluding carboxylic acids is 1. The van der Waals surface area contributed by atoms with Gasteiger partial charge in [0.2, 0.25) is 5.78 Å². The second-order valence-electron chi connectivity index (χ2n) is 6.60. The highest BCUT2D eigenvalue weighted by atomic mass is 19.1. The average Bonchev–Trinajstić information content (AvgIpc) is 3.06. The third-order valence-electron chi connectivity index (χ3n) is 4.66. The van der Waals surface area contributed by atoms with E-state index < -0.39 is 0 Å². The van der Waals surface area contributed by atoms with Crippen LogP contribution in [-0.2, 0) is 6.61 Å². The summed E-state index contributed by atoms with van der Waals surface area (Å²) in [5.74, 6) is 1.63. The average molecular weight is 406 g/mol. The molecule has 1 heterocycles. The monoisotopic (exact) mass is 406 g/mol. The van der Waals surface area contributed by atoms with Crippen molar-refractivity contribution in [3.05, 3.63) is 88.9 Å². The topological polar surface area (TPSA) is 54.0 Å². The maximum atomic E-state index is 13.3. The van der Waals surface area contributed by atoms with Gasteiger partial charge >= 0.3 is 0 Å². The van der Waals surface area contributed by atoms with Crippen LogP contribution in [0.15, 0.2) is 66.4 Å². The van der Waals surface area contributed by atoms with Gasteiger partial charge in [0.1, 0.15) is 23.9 Å². The molecule has 0 unspecified atom stereocenters. The largest absolute Gasteiger partial charge is 0.493 e. The van der Waals surface area contributed by atoms with Crippen LogP contribution in [0.25, 0.3) is 6.08 Å². The number of carbonyl (C=O) groups is 1. The van der Waals surface area contributed by atoms with E-state index in [1.165, 1.54) is 19.2 Å². The Balaban J connectivity index is 1.55.